The lowest BCUT2D eigenvalue weighted by Crippen LogP contribution is -2.15. The molecule has 0 saturated carbocycles. The molecule has 8 nitrogen and oxygen atoms in total. The van der Waals surface area contributed by atoms with Gasteiger partial charge in [0, 0.05) is 0 Å². The third kappa shape index (κ3) is 12.5. The molecule has 0 radical (unpaired) electrons. The van der Waals surface area contributed by atoms with Crippen molar-refractivity contribution >= 4 is 0 Å². The molecule has 2 aliphatic carbocycles. The van der Waals surface area contributed by atoms with Crippen molar-refractivity contribution in [1.29, 1.82) is 0 Å². The summed E-state index contributed by atoms with van der Waals surface area (Å²) in [6, 6.07) is 7.57. The molecule has 0 spiro atoms. The van der Waals surface area contributed by atoms with Crippen LogP contribution in [0.4, 0.5) is 0 Å². The van der Waals surface area contributed by atoms with Gasteiger partial charge in [-0.3, -0.25) is 0 Å². The van der Waals surface area contributed by atoms with Crippen LogP contribution in [0.15, 0.2) is 72.9 Å². The Morgan fingerprint density at radius 2 is 0.750 bits per heavy atom. The van der Waals surface area contributed by atoms with Gasteiger partial charge in [0.1, 0.15) is 13.2 Å². The van der Waals surface area contributed by atoms with E-state index < -0.39 is 0 Å². The van der Waals surface area contributed by atoms with Crippen molar-refractivity contribution < 1.29 is 37.9 Å². The van der Waals surface area contributed by atoms with Crippen molar-refractivity contribution in [2.75, 3.05) is 79.3 Å². The Kier molecular flexibility index (Phi) is 14.7. The van der Waals surface area contributed by atoms with Gasteiger partial charge in [0.2, 0.25) is 0 Å². The molecule has 2 aliphatic rings. The van der Waals surface area contributed by atoms with E-state index in [1.54, 1.807) is 0 Å². The molecule has 0 heterocycles. The Morgan fingerprint density at radius 3 is 1.14 bits per heavy atom. The van der Waals surface area contributed by atoms with E-state index in [2.05, 4.69) is 0 Å². The van der Waals surface area contributed by atoms with Crippen molar-refractivity contribution in [3.63, 3.8) is 0 Å². The Morgan fingerprint density at radius 1 is 0.417 bits per heavy atom. The molecule has 36 heavy (non-hydrogen) atoms. The van der Waals surface area contributed by atoms with Crippen molar-refractivity contribution in [1.82, 2.24) is 0 Å². The fourth-order valence-electron chi connectivity index (χ4n) is 3.29. The van der Waals surface area contributed by atoms with Gasteiger partial charge in [0.05, 0.1) is 78.3 Å². The minimum atomic E-state index is 0.0778. The van der Waals surface area contributed by atoms with E-state index in [0.717, 1.165) is 0 Å². The van der Waals surface area contributed by atoms with E-state index in [4.69, 9.17) is 37.9 Å². The molecule has 3 rings (SSSR count). The summed E-state index contributed by atoms with van der Waals surface area (Å²) < 4.78 is 44.9. The van der Waals surface area contributed by atoms with Crippen LogP contribution in [-0.4, -0.2) is 91.5 Å². The Bertz CT molecular complexity index is 729. The van der Waals surface area contributed by atoms with E-state index in [-0.39, 0.29) is 12.2 Å². The minimum absolute atomic E-state index is 0.0778. The number of benzene rings is 1. The zero-order valence-corrected chi connectivity index (χ0v) is 20.8. The van der Waals surface area contributed by atoms with Gasteiger partial charge >= 0.3 is 0 Å². The summed E-state index contributed by atoms with van der Waals surface area (Å²) in [6.07, 6.45) is 16.1. The van der Waals surface area contributed by atoms with Crippen LogP contribution in [0.5, 0.6) is 11.5 Å². The van der Waals surface area contributed by atoms with Gasteiger partial charge in [-0.2, -0.15) is 0 Å². The summed E-state index contributed by atoms with van der Waals surface area (Å²) in [5, 5.41) is 0. The van der Waals surface area contributed by atoms with E-state index >= 15 is 0 Å². The summed E-state index contributed by atoms with van der Waals surface area (Å²) in [5.74, 6) is 1.36. The van der Waals surface area contributed by atoms with Gasteiger partial charge in [-0.15, -0.1) is 0 Å². The molecular formula is C28H38O8. The first-order chi connectivity index (χ1) is 17.9. The van der Waals surface area contributed by atoms with Crippen molar-refractivity contribution in [2.24, 2.45) is 0 Å². The largest absolute Gasteiger partial charge is 0.487 e. The number of para-hydroxylation sites is 2. The maximum Gasteiger partial charge on any atom is 0.161 e. The first-order valence-electron chi connectivity index (χ1n) is 12.5. The minimum Gasteiger partial charge on any atom is -0.487 e. The lowest BCUT2D eigenvalue weighted by molar-refractivity contribution is 0.00391. The number of allylic oxidation sites excluding steroid dienone is 4. The zero-order valence-electron chi connectivity index (χ0n) is 20.8. The molecule has 0 bridgehead atoms. The van der Waals surface area contributed by atoms with Gasteiger partial charge < -0.3 is 37.9 Å². The molecule has 8 heteroatoms. The lowest BCUT2D eigenvalue weighted by atomic mass is 10.3. The smallest absolute Gasteiger partial charge is 0.161 e. The molecule has 0 atom stereocenters. The van der Waals surface area contributed by atoms with Gasteiger partial charge in [-0.05, 0) is 12.1 Å². The van der Waals surface area contributed by atoms with Crippen LogP contribution in [0.1, 0.15) is 0 Å². The SMILES string of the molecule is C1=CC(OCCOCCOCCOc2ccccc2OCCOCCOCCOC2C=CC=C2)C=C1. The third-order valence-electron chi connectivity index (χ3n) is 5.06. The van der Waals surface area contributed by atoms with Crippen molar-refractivity contribution in [3.8, 4) is 11.5 Å². The fourth-order valence-corrected chi connectivity index (χ4v) is 3.29. The summed E-state index contributed by atoms with van der Waals surface area (Å²) in [6.45, 7) is 6.05. The molecule has 0 N–H and O–H groups in total. The van der Waals surface area contributed by atoms with Gasteiger partial charge in [-0.1, -0.05) is 60.7 Å². The van der Waals surface area contributed by atoms with E-state index in [1.807, 2.05) is 72.9 Å². The van der Waals surface area contributed by atoms with Crippen LogP contribution in [-0.2, 0) is 28.4 Å². The normalized spacial score (nSPS) is 14.9. The Hall–Kier alpha value is -2.46. The highest BCUT2D eigenvalue weighted by Crippen LogP contribution is 2.26. The molecule has 0 aromatic heterocycles. The highest BCUT2D eigenvalue weighted by atomic mass is 16.6. The molecule has 1 aromatic rings. The first kappa shape index (κ1) is 28.1. The second-order valence-electron chi connectivity index (χ2n) is 7.80. The highest BCUT2D eigenvalue weighted by molar-refractivity contribution is 5.39. The van der Waals surface area contributed by atoms with Crippen LogP contribution >= 0.6 is 0 Å². The number of ether oxygens (including phenoxy) is 8. The zero-order chi connectivity index (χ0) is 24.9. The monoisotopic (exact) mass is 502 g/mol. The van der Waals surface area contributed by atoms with Crippen molar-refractivity contribution in [2.45, 2.75) is 12.2 Å². The molecule has 0 saturated heterocycles. The van der Waals surface area contributed by atoms with Crippen LogP contribution in [0.25, 0.3) is 0 Å². The number of hydrogen-bond donors (Lipinski definition) is 0. The van der Waals surface area contributed by atoms with E-state index in [0.29, 0.717) is 90.8 Å². The van der Waals surface area contributed by atoms with Gasteiger partial charge in [0.15, 0.2) is 11.5 Å². The fraction of sp³-hybridized carbons (Fsp3) is 0.500. The predicted molar refractivity (Wildman–Crippen MR) is 137 cm³/mol. The topological polar surface area (TPSA) is 73.8 Å². The summed E-state index contributed by atoms with van der Waals surface area (Å²) >= 11 is 0. The van der Waals surface area contributed by atoms with Crippen LogP contribution < -0.4 is 9.47 Å². The predicted octanol–water partition coefficient (Wildman–Crippen LogP) is 3.53. The maximum atomic E-state index is 5.80. The van der Waals surface area contributed by atoms with Crippen LogP contribution in [0.3, 0.4) is 0 Å². The summed E-state index contributed by atoms with van der Waals surface area (Å²) in [4.78, 5) is 0. The standard InChI is InChI=1S/C28H38O8/c1-2-8-25(7-1)33-21-17-29-13-15-31-19-23-35-27-11-5-6-12-28(27)36-24-20-32-16-14-30-18-22-34-26-9-3-4-10-26/h1-12,25-26H,13-24H2. The molecule has 198 valence electrons. The number of rotatable bonds is 22. The van der Waals surface area contributed by atoms with E-state index in [9.17, 15) is 0 Å². The lowest BCUT2D eigenvalue weighted by Gasteiger charge is -2.13. The second kappa shape index (κ2) is 18.8. The highest BCUT2D eigenvalue weighted by Gasteiger charge is 2.05. The third-order valence-corrected chi connectivity index (χ3v) is 5.06. The average molecular weight is 503 g/mol. The van der Waals surface area contributed by atoms with Gasteiger partial charge in [0.25, 0.3) is 0 Å². The Labute approximate surface area is 214 Å². The molecule has 0 fully saturated rings. The van der Waals surface area contributed by atoms with E-state index in [1.165, 1.54) is 0 Å². The Balaban J connectivity index is 1.11. The molecular weight excluding hydrogens is 464 g/mol. The van der Waals surface area contributed by atoms with Crippen LogP contribution in [0, 0.1) is 0 Å². The molecule has 0 unspecified atom stereocenters. The maximum absolute atomic E-state index is 5.80. The number of hydrogen-bond acceptors (Lipinski definition) is 8. The quantitative estimate of drug-likeness (QED) is 0.223. The second-order valence-corrected chi connectivity index (χ2v) is 7.80. The first-order valence-corrected chi connectivity index (χ1v) is 12.5. The summed E-state index contributed by atoms with van der Waals surface area (Å²) in [7, 11) is 0. The average Bonchev–Trinajstić information content (AvgIpc) is 3.62. The molecule has 1 aromatic carbocycles. The molecule has 0 aliphatic heterocycles. The van der Waals surface area contributed by atoms with Gasteiger partial charge in [-0.25, -0.2) is 0 Å². The van der Waals surface area contributed by atoms with Crippen LogP contribution in [0.2, 0.25) is 0 Å². The summed E-state index contributed by atoms with van der Waals surface area (Å²) in [5.41, 5.74) is 0. The molecule has 0 amide bonds. The van der Waals surface area contributed by atoms with Crippen molar-refractivity contribution in [3.05, 3.63) is 72.9 Å².